The van der Waals surface area contributed by atoms with Crippen molar-refractivity contribution in [2.75, 3.05) is 16.8 Å². The monoisotopic (exact) mass is 426 g/mol. The number of anilines is 2. The summed E-state index contributed by atoms with van der Waals surface area (Å²) in [6.07, 6.45) is 2.35. The van der Waals surface area contributed by atoms with Crippen molar-refractivity contribution in [3.05, 3.63) is 70.4 Å². The number of aryl methyl sites for hydroxylation is 1. The molecule has 1 N–H and O–H groups in total. The summed E-state index contributed by atoms with van der Waals surface area (Å²) in [7, 11) is 0. The van der Waals surface area contributed by atoms with Crippen molar-refractivity contribution in [2.45, 2.75) is 33.1 Å². The van der Waals surface area contributed by atoms with E-state index in [9.17, 15) is 14.4 Å². The number of rotatable bonds is 8. The van der Waals surface area contributed by atoms with E-state index in [2.05, 4.69) is 5.32 Å². The number of hydrogen-bond donors (Lipinski definition) is 1. The van der Waals surface area contributed by atoms with Crippen LogP contribution in [0, 0.1) is 0 Å². The Balaban J connectivity index is 1.90. The molecule has 0 aliphatic carbocycles. The molecule has 1 heterocycles. The minimum Gasteiger partial charge on any atom is -0.462 e. The number of imide groups is 1. The van der Waals surface area contributed by atoms with Crippen LogP contribution in [0.2, 0.25) is 0 Å². The molecule has 0 unspecified atom stereocenters. The highest BCUT2D eigenvalue weighted by Crippen LogP contribution is 2.33. The molecule has 0 aromatic heterocycles. The number of halogens is 1. The van der Waals surface area contributed by atoms with Crippen molar-refractivity contribution >= 4 is 40.8 Å². The quantitative estimate of drug-likeness (QED) is 0.378. The number of carbonyl (C=O) groups is 3. The fourth-order valence-corrected chi connectivity index (χ4v) is 3.36. The Hall–Kier alpha value is -3.12. The van der Waals surface area contributed by atoms with Gasteiger partial charge in [0.15, 0.2) is 0 Å². The van der Waals surface area contributed by atoms with Gasteiger partial charge in [0.1, 0.15) is 10.7 Å². The lowest BCUT2D eigenvalue weighted by molar-refractivity contribution is -0.120. The van der Waals surface area contributed by atoms with E-state index in [0.29, 0.717) is 5.69 Å². The molecule has 30 heavy (non-hydrogen) atoms. The minimum atomic E-state index is -0.688. The van der Waals surface area contributed by atoms with Crippen LogP contribution in [-0.4, -0.2) is 24.4 Å². The summed E-state index contributed by atoms with van der Waals surface area (Å²) in [6.45, 7) is 4.25. The van der Waals surface area contributed by atoms with Crippen LogP contribution in [-0.2, 0) is 20.7 Å². The third-order valence-electron chi connectivity index (χ3n) is 4.78. The fourth-order valence-electron chi connectivity index (χ4n) is 3.14. The van der Waals surface area contributed by atoms with Gasteiger partial charge in [-0.3, -0.25) is 9.59 Å². The van der Waals surface area contributed by atoms with Gasteiger partial charge in [0, 0.05) is 5.69 Å². The van der Waals surface area contributed by atoms with Crippen molar-refractivity contribution in [2.24, 2.45) is 0 Å². The van der Waals surface area contributed by atoms with Gasteiger partial charge in [-0.1, -0.05) is 62.2 Å². The van der Waals surface area contributed by atoms with Crippen LogP contribution >= 0.6 is 11.6 Å². The van der Waals surface area contributed by atoms with E-state index in [1.54, 1.807) is 12.1 Å². The summed E-state index contributed by atoms with van der Waals surface area (Å²) in [5.41, 5.74) is 1.94. The zero-order valence-corrected chi connectivity index (χ0v) is 17.7. The van der Waals surface area contributed by atoms with Gasteiger partial charge >= 0.3 is 5.97 Å². The number of hydrogen-bond acceptors (Lipinski definition) is 5. The molecule has 0 spiro atoms. The Bertz CT molecular complexity index is 1020. The van der Waals surface area contributed by atoms with E-state index in [1.807, 2.05) is 38.1 Å². The maximum absolute atomic E-state index is 13.1. The molecule has 0 radical (unpaired) electrons. The highest BCUT2D eigenvalue weighted by molar-refractivity contribution is 6.53. The van der Waals surface area contributed by atoms with Crippen LogP contribution in [0.15, 0.2) is 59.3 Å². The van der Waals surface area contributed by atoms with Crippen LogP contribution in [0.1, 0.15) is 42.6 Å². The van der Waals surface area contributed by atoms with E-state index >= 15 is 0 Å². The number of para-hydroxylation sites is 2. The predicted molar refractivity (Wildman–Crippen MR) is 116 cm³/mol. The molecular formula is C23H23ClN2O4. The second-order valence-electron chi connectivity index (χ2n) is 6.78. The van der Waals surface area contributed by atoms with Crippen molar-refractivity contribution in [3.8, 4) is 0 Å². The SMILES string of the molecule is CCCCOC(=O)c1ccccc1N1C(=O)C(Cl)=C(Nc2ccccc2CC)C1=O. The molecule has 2 amide bonds. The molecule has 0 fully saturated rings. The van der Waals surface area contributed by atoms with Crippen molar-refractivity contribution in [1.82, 2.24) is 0 Å². The average Bonchev–Trinajstić information content (AvgIpc) is 2.97. The Morgan fingerprint density at radius 3 is 2.47 bits per heavy atom. The normalized spacial score (nSPS) is 13.8. The Morgan fingerprint density at radius 1 is 1.03 bits per heavy atom. The molecule has 0 bridgehead atoms. The molecule has 0 atom stereocenters. The summed E-state index contributed by atoms with van der Waals surface area (Å²) >= 11 is 6.24. The number of unbranched alkanes of at least 4 members (excludes halogenated alkanes) is 1. The number of benzene rings is 2. The van der Waals surface area contributed by atoms with Gasteiger partial charge in [-0.25, -0.2) is 9.69 Å². The first-order chi connectivity index (χ1) is 14.5. The van der Waals surface area contributed by atoms with Gasteiger partial charge in [-0.2, -0.15) is 0 Å². The second-order valence-corrected chi connectivity index (χ2v) is 7.15. The average molecular weight is 427 g/mol. The summed E-state index contributed by atoms with van der Waals surface area (Å²) in [5.74, 6) is -1.90. The van der Waals surface area contributed by atoms with Gasteiger partial charge in [-0.15, -0.1) is 0 Å². The van der Waals surface area contributed by atoms with Gasteiger partial charge in [0.05, 0.1) is 17.9 Å². The van der Waals surface area contributed by atoms with Gasteiger partial charge < -0.3 is 10.1 Å². The first kappa shape index (κ1) is 21.6. The van der Waals surface area contributed by atoms with E-state index < -0.39 is 17.8 Å². The van der Waals surface area contributed by atoms with E-state index in [1.165, 1.54) is 12.1 Å². The molecule has 0 saturated heterocycles. The molecule has 2 aromatic carbocycles. The molecule has 7 heteroatoms. The number of amides is 2. The summed E-state index contributed by atoms with van der Waals surface area (Å²) < 4.78 is 5.27. The molecule has 0 saturated carbocycles. The molecular weight excluding hydrogens is 404 g/mol. The number of ether oxygens (including phenoxy) is 1. The Morgan fingerprint density at radius 2 is 1.73 bits per heavy atom. The zero-order chi connectivity index (χ0) is 21.7. The molecule has 2 aromatic rings. The van der Waals surface area contributed by atoms with Gasteiger partial charge in [-0.05, 0) is 36.6 Å². The number of esters is 1. The zero-order valence-electron chi connectivity index (χ0n) is 16.9. The van der Waals surface area contributed by atoms with Gasteiger partial charge in [0.25, 0.3) is 11.8 Å². The fraction of sp³-hybridized carbons (Fsp3) is 0.261. The lowest BCUT2D eigenvalue weighted by atomic mass is 10.1. The number of nitrogens with one attached hydrogen (secondary N) is 1. The van der Waals surface area contributed by atoms with Crippen molar-refractivity contribution in [1.29, 1.82) is 0 Å². The van der Waals surface area contributed by atoms with Crippen LogP contribution in [0.25, 0.3) is 0 Å². The summed E-state index contributed by atoms with van der Waals surface area (Å²) in [6, 6.07) is 13.8. The highest BCUT2D eigenvalue weighted by Gasteiger charge is 2.40. The Kier molecular flexibility index (Phi) is 6.90. The first-order valence-corrected chi connectivity index (χ1v) is 10.3. The van der Waals surface area contributed by atoms with Crippen LogP contribution in [0.5, 0.6) is 0 Å². The number of nitrogens with zero attached hydrogens (tertiary/aromatic N) is 1. The van der Waals surface area contributed by atoms with E-state index in [4.69, 9.17) is 16.3 Å². The topological polar surface area (TPSA) is 75.7 Å². The molecule has 3 rings (SSSR count). The van der Waals surface area contributed by atoms with Crippen LogP contribution in [0.4, 0.5) is 11.4 Å². The minimum absolute atomic E-state index is 0.0169. The molecule has 1 aliphatic rings. The second kappa shape index (κ2) is 9.59. The van der Waals surface area contributed by atoms with Gasteiger partial charge in [0.2, 0.25) is 0 Å². The predicted octanol–water partition coefficient (Wildman–Crippen LogP) is 4.64. The summed E-state index contributed by atoms with van der Waals surface area (Å²) in [5, 5.41) is 2.78. The number of carbonyl (C=O) groups excluding carboxylic acids is 3. The molecule has 156 valence electrons. The third-order valence-corrected chi connectivity index (χ3v) is 5.13. The molecule has 1 aliphatic heterocycles. The standard InChI is InChI=1S/C23H23ClN2O4/c1-3-5-14-30-23(29)16-11-7-9-13-18(16)26-21(27)19(24)20(22(26)28)25-17-12-8-6-10-15(17)4-2/h6-13,25H,3-5,14H2,1-2H3. The Labute approximate surface area is 180 Å². The maximum Gasteiger partial charge on any atom is 0.340 e. The smallest absolute Gasteiger partial charge is 0.340 e. The van der Waals surface area contributed by atoms with E-state index in [-0.39, 0.29) is 28.6 Å². The largest absolute Gasteiger partial charge is 0.462 e. The van der Waals surface area contributed by atoms with E-state index in [0.717, 1.165) is 29.7 Å². The third kappa shape index (κ3) is 4.24. The van der Waals surface area contributed by atoms with Crippen molar-refractivity contribution < 1.29 is 19.1 Å². The maximum atomic E-state index is 13.1. The highest BCUT2D eigenvalue weighted by atomic mass is 35.5. The van der Waals surface area contributed by atoms with Crippen LogP contribution in [0.3, 0.4) is 0 Å². The lowest BCUT2D eigenvalue weighted by Gasteiger charge is -2.18. The van der Waals surface area contributed by atoms with Crippen LogP contribution < -0.4 is 10.2 Å². The van der Waals surface area contributed by atoms with Crippen molar-refractivity contribution in [3.63, 3.8) is 0 Å². The first-order valence-electron chi connectivity index (χ1n) is 9.89. The molecule has 6 nitrogen and oxygen atoms in total. The lowest BCUT2D eigenvalue weighted by Crippen LogP contribution is -2.33. The summed E-state index contributed by atoms with van der Waals surface area (Å²) in [4.78, 5) is 39.4.